The van der Waals surface area contributed by atoms with Crippen LogP contribution in [0.25, 0.3) is 0 Å². The van der Waals surface area contributed by atoms with E-state index in [0.717, 1.165) is 0 Å². The molecule has 4 nitrogen and oxygen atoms in total. The number of halogens is 4. The summed E-state index contributed by atoms with van der Waals surface area (Å²) in [6, 6.07) is 3.50. The van der Waals surface area contributed by atoms with Gasteiger partial charge >= 0.3 is 0 Å². The van der Waals surface area contributed by atoms with Crippen molar-refractivity contribution in [2.45, 2.75) is 19.4 Å². The summed E-state index contributed by atoms with van der Waals surface area (Å²) in [5, 5.41) is 12.8. The summed E-state index contributed by atoms with van der Waals surface area (Å²) in [5.74, 6) is 0.231. The minimum absolute atomic E-state index is 0. The molecule has 1 heterocycles. The van der Waals surface area contributed by atoms with Gasteiger partial charge in [-0.05, 0) is 24.6 Å². The predicted octanol–water partition coefficient (Wildman–Crippen LogP) is 2.85. The zero-order valence-electron chi connectivity index (χ0n) is 12.3. The molecule has 1 aromatic rings. The summed E-state index contributed by atoms with van der Waals surface area (Å²) >= 11 is 0. The molecule has 1 aromatic carbocycles. The van der Waals surface area contributed by atoms with Crippen molar-refractivity contribution in [3.8, 4) is 11.5 Å². The summed E-state index contributed by atoms with van der Waals surface area (Å²) in [6.45, 7) is 4.75. The van der Waals surface area contributed by atoms with Crippen LogP contribution in [-0.2, 0) is 0 Å². The van der Waals surface area contributed by atoms with Gasteiger partial charge in [0.2, 0.25) is 0 Å². The Balaban J connectivity index is 0.00000220. The maximum Gasteiger partial charge on any atom is 0.258 e. The Bertz CT molecular complexity index is 447. The number of piperazine rings is 1. The third kappa shape index (κ3) is 5.12. The van der Waals surface area contributed by atoms with Gasteiger partial charge in [-0.3, -0.25) is 4.90 Å². The summed E-state index contributed by atoms with van der Waals surface area (Å²) in [7, 11) is 0. The zero-order valence-corrected chi connectivity index (χ0v) is 13.9. The lowest BCUT2D eigenvalue weighted by Gasteiger charge is -2.34. The van der Waals surface area contributed by atoms with Crippen LogP contribution in [-0.4, -0.2) is 49.2 Å². The summed E-state index contributed by atoms with van der Waals surface area (Å²) in [5.41, 5.74) is 0.475. The lowest BCUT2D eigenvalue weighted by molar-refractivity contribution is 0.0180. The molecule has 1 saturated heterocycles. The van der Waals surface area contributed by atoms with Gasteiger partial charge < -0.3 is 15.2 Å². The van der Waals surface area contributed by atoms with Crippen molar-refractivity contribution in [2.75, 3.05) is 32.8 Å². The predicted molar refractivity (Wildman–Crippen MR) is 87.0 cm³/mol. The monoisotopic (exact) mass is 358 g/mol. The van der Waals surface area contributed by atoms with Gasteiger partial charge in [-0.25, -0.2) is 8.78 Å². The first-order chi connectivity index (χ1) is 9.63. The second kappa shape index (κ2) is 10.0. The number of aromatic hydroxyl groups is 1. The van der Waals surface area contributed by atoms with Crippen molar-refractivity contribution in [1.82, 2.24) is 10.2 Å². The van der Waals surface area contributed by atoms with Crippen molar-refractivity contribution < 1.29 is 18.6 Å². The molecule has 0 spiro atoms. The largest absolute Gasteiger partial charge is 0.504 e. The minimum atomic E-state index is -2.48. The van der Waals surface area contributed by atoms with Crippen LogP contribution in [0.15, 0.2) is 18.2 Å². The molecular formula is C14H22Cl2F2N2O2. The van der Waals surface area contributed by atoms with E-state index >= 15 is 0 Å². The number of hydrogen-bond acceptors (Lipinski definition) is 4. The maximum atomic E-state index is 13.4. The van der Waals surface area contributed by atoms with Crippen molar-refractivity contribution in [2.24, 2.45) is 0 Å². The lowest BCUT2D eigenvalue weighted by Crippen LogP contribution is -2.46. The molecule has 0 amide bonds. The van der Waals surface area contributed by atoms with E-state index in [1.807, 2.05) is 0 Å². The molecule has 0 aliphatic carbocycles. The van der Waals surface area contributed by atoms with Crippen LogP contribution in [0, 0.1) is 0 Å². The first-order valence-electron chi connectivity index (χ1n) is 6.82. The molecule has 0 saturated carbocycles. The molecule has 2 rings (SSSR count). The third-order valence-corrected chi connectivity index (χ3v) is 3.41. The van der Waals surface area contributed by atoms with Crippen LogP contribution in [0.4, 0.5) is 8.78 Å². The minimum Gasteiger partial charge on any atom is -0.504 e. The Morgan fingerprint density at radius 3 is 2.45 bits per heavy atom. The number of nitrogens with one attached hydrogen (secondary N) is 1. The van der Waals surface area contributed by atoms with E-state index in [4.69, 9.17) is 4.74 Å². The van der Waals surface area contributed by atoms with Gasteiger partial charge in [0.1, 0.15) is 0 Å². The summed E-state index contributed by atoms with van der Waals surface area (Å²) in [4.78, 5) is 1.77. The fourth-order valence-corrected chi connectivity index (χ4v) is 2.46. The summed E-state index contributed by atoms with van der Waals surface area (Å²) in [6.07, 6.45) is -2.48. The molecule has 1 aliphatic rings. The van der Waals surface area contributed by atoms with Crippen molar-refractivity contribution in [3.05, 3.63) is 23.8 Å². The van der Waals surface area contributed by atoms with E-state index in [-0.39, 0.29) is 36.3 Å². The van der Waals surface area contributed by atoms with Gasteiger partial charge in [0.15, 0.2) is 11.5 Å². The first kappa shape index (κ1) is 21.2. The number of benzene rings is 1. The number of ether oxygens (including phenoxy) is 1. The smallest absolute Gasteiger partial charge is 0.258 e. The number of alkyl halides is 2. The molecular weight excluding hydrogens is 337 g/mol. The van der Waals surface area contributed by atoms with Gasteiger partial charge in [0.25, 0.3) is 6.43 Å². The Morgan fingerprint density at radius 2 is 1.91 bits per heavy atom. The average Bonchev–Trinajstić information content (AvgIpc) is 2.44. The SMILES string of the molecule is CCOc1cc([C@H](C(F)F)N2CCNCC2)ccc1O.Cl.Cl. The second-order valence-corrected chi connectivity index (χ2v) is 4.73. The van der Waals surface area contributed by atoms with E-state index < -0.39 is 12.5 Å². The molecule has 0 radical (unpaired) electrons. The fraction of sp³-hybridized carbons (Fsp3) is 0.571. The van der Waals surface area contributed by atoms with E-state index in [2.05, 4.69) is 5.32 Å². The van der Waals surface area contributed by atoms with Crippen LogP contribution in [0.3, 0.4) is 0 Å². The topological polar surface area (TPSA) is 44.7 Å². The van der Waals surface area contributed by atoms with Crippen molar-refractivity contribution in [1.29, 1.82) is 0 Å². The van der Waals surface area contributed by atoms with Gasteiger partial charge in [-0.1, -0.05) is 6.07 Å². The highest BCUT2D eigenvalue weighted by Crippen LogP contribution is 2.34. The molecule has 0 unspecified atom stereocenters. The van der Waals surface area contributed by atoms with Crippen LogP contribution in [0.1, 0.15) is 18.5 Å². The zero-order chi connectivity index (χ0) is 14.5. The van der Waals surface area contributed by atoms with E-state index in [1.54, 1.807) is 11.8 Å². The number of phenols is 1. The van der Waals surface area contributed by atoms with Crippen LogP contribution in [0.5, 0.6) is 11.5 Å². The highest BCUT2D eigenvalue weighted by atomic mass is 35.5. The Morgan fingerprint density at radius 1 is 1.27 bits per heavy atom. The van der Waals surface area contributed by atoms with Crippen LogP contribution >= 0.6 is 24.8 Å². The molecule has 8 heteroatoms. The first-order valence-corrected chi connectivity index (χ1v) is 6.82. The molecule has 2 N–H and O–H groups in total. The normalized spacial score (nSPS) is 16.5. The van der Waals surface area contributed by atoms with E-state index in [9.17, 15) is 13.9 Å². The highest BCUT2D eigenvalue weighted by molar-refractivity contribution is 5.85. The number of nitrogens with zero attached hydrogens (tertiary/aromatic N) is 1. The maximum absolute atomic E-state index is 13.4. The molecule has 1 fully saturated rings. The van der Waals surface area contributed by atoms with Crippen LogP contribution in [0.2, 0.25) is 0 Å². The quantitative estimate of drug-likeness (QED) is 0.849. The molecule has 22 heavy (non-hydrogen) atoms. The highest BCUT2D eigenvalue weighted by Gasteiger charge is 2.30. The average molecular weight is 359 g/mol. The number of phenolic OH excluding ortho intramolecular Hbond substituents is 1. The molecule has 0 aromatic heterocycles. The Labute approximate surface area is 141 Å². The molecule has 0 bridgehead atoms. The third-order valence-electron chi connectivity index (χ3n) is 3.41. The van der Waals surface area contributed by atoms with E-state index in [0.29, 0.717) is 38.3 Å². The molecule has 1 atom stereocenters. The number of rotatable bonds is 5. The fourth-order valence-electron chi connectivity index (χ4n) is 2.46. The van der Waals surface area contributed by atoms with Crippen LogP contribution < -0.4 is 10.1 Å². The molecule has 128 valence electrons. The standard InChI is InChI=1S/C14H20F2N2O2.2ClH/c1-2-20-12-9-10(3-4-11(12)19)13(14(15)16)18-7-5-17-6-8-18;;/h3-4,9,13-14,17,19H,2,5-8H2,1H3;2*1H/t13-;;/m1../s1. The van der Waals surface area contributed by atoms with E-state index in [1.165, 1.54) is 18.2 Å². The summed E-state index contributed by atoms with van der Waals surface area (Å²) < 4.78 is 32.1. The molecule has 1 aliphatic heterocycles. The van der Waals surface area contributed by atoms with Gasteiger partial charge in [-0.15, -0.1) is 24.8 Å². The van der Waals surface area contributed by atoms with Gasteiger partial charge in [0.05, 0.1) is 12.6 Å². The Kier molecular flexibility index (Phi) is 9.67. The Hall–Kier alpha value is -0.820. The van der Waals surface area contributed by atoms with Crippen molar-refractivity contribution >= 4 is 24.8 Å². The van der Waals surface area contributed by atoms with Gasteiger partial charge in [-0.2, -0.15) is 0 Å². The van der Waals surface area contributed by atoms with Crippen molar-refractivity contribution in [3.63, 3.8) is 0 Å². The number of hydrogen-bond donors (Lipinski definition) is 2. The lowest BCUT2D eigenvalue weighted by atomic mass is 10.0. The van der Waals surface area contributed by atoms with Gasteiger partial charge in [0, 0.05) is 26.2 Å². The second-order valence-electron chi connectivity index (χ2n) is 4.73.